The molecule has 0 saturated carbocycles. The van der Waals surface area contributed by atoms with Crippen LogP contribution in [0.2, 0.25) is 0 Å². The molecular formula is C28H33N3O9S3. The van der Waals surface area contributed by atoms with Crippen molar-refractivity contribution < 1.29 is 43.3 Å². The molecule has 1 aromatic rings. The fourth-order valence-electron chi connectivity index (χ4n) is 4.72. The number of ketones is 1. The summed E-state index contributed by atoms with van der Waals surface area (Å²) in [4.78, 5) is 77.6. The number of Topliss-reactive ketones (excluding diaryl/α,β-unsaturated/α-hetero) is 1. The minimum Gasteiger partial charge on any atom is -0.477 e. The molecule has 0 spiro atoms. The minimum absolute atomic E-state index is 0.0441. The van der Waals surface area contributed by atoms with E-state index in [-0.39, 0.29) is 42.7 Å². The number of hydrogen-bond acceptors (Lipinski definition) is 11. The minimum atomic E-state index is -1.22. The van der Waals surface area contributed by atoms with Gasteiger partial charge in [0.25, 0.3) is 5.91 Å². The number of nitrogens with zero attached hydrogens (tertiary/aromatic N) is 2. The first kappa shape index (κ1) is 33.1. The average molecular weight is 652 g/mol. The van der Waals surface area contributed by atoms with Crippen molar-refractivity contribution in [3.63, 3.8) is 0 Å². The molecular weight excluding hydrogens is 619 g/mol. The van der Waals surface area contributed by atoms with Gasteiger partial charge in [-0.15, -0.1) is 35.3 Å². The number of carboxylic acid groups (broad SMARTS) is 1. The smallest absolute Gasteiger partial charge is 0.352 e. The van der Waals surface area contributed by atoms with E-state index in [1.807, 2.05) is 0 Å². The molecule has 3 aliphatic heterocycles. The Hall–Kier alpha value is -2.85. The Bertz CT molecular complexity index is 1300. The van der Waals surface area contributed by atoms with Crippen molar-refractivity contribution >= 4 is 70.7 Å². The molecule has 1 aromatic carbocycles. The lowest BCUT2D eigenvalue weighted by Crippen LogP contribution is -2.70. The van der Waals surface area contributed by atoms with Gasteiger partial charge in [-0.25, -0.2) is 4.79 Å². The largest absolute Gasteiger partial charge is 0.477 e. The number of imide groups is 1. The number of amides is 4. The van der Waals surface area contributed by atoms with Crippen LogP contribution in [0.25, 0.3) is 0 Å². The van der Waals surface area contributed by atoms with Crippen LogP contribution in [0, 0.1) is 0 Å². The number of thioether (sulfide) groups is 3. The van der Waals surface area contributed by atoms with Gasteiger partial charge in [0.1, 0.15) is 17.1 Å². The van der Waals surface area contributed by atoms with Crippen LogP contribution in [-0.2, 0) is 33.4 Å². The molecule has 0 aliphatic carbocycles. The molecule has 43 heavy (non-hydrogen) atoms. The number of carbonyl (C=O) groups is 6. The van der Waals surface area contributed by atoms with Crippen LogP contribution in [0.1, 0.15) is 30.1 Å². The Morgan fingerprint density at radius 1 is 1.09 bits per heavy atom. The molecule has 4 rings (SSSR count). The van der Waals surface area contributed by atoms with E-state index in [1.165, 1.54) is 47.1 Å². The summed E-state index contributed by atoms with van der Waals surface area (Å²) in [5.41, 5.74) is 1.10. The highest BCUT2D eigenvalue weighted by Crippen LogP contribution is 2.41. The first-order valence-corrected chi connectivity index (χ1v) is 16.7. The van der Waals surface area contributed by atoms with Gasteiger partial charge in [0, 0.05) is 54.2 Å². The summed E-state index contributed by atoms with van der Waals surface area (Å²) in [6, 6.07) is 6.12. The average Bonchev–Trinajstić information content (AvgIpc) is 3.26. The zero-order chi connectivity index (χ0) is 31.1. The number of carbonyl (C=O) groups excluding carboxylic acids is 5. The molecule has 4 amide bonds. The van der Waals surface area contributed by atoms with Crippen molar-refractivity contribution in [3.05, 3.63) is 41.1 Å². The summed E-state index contributed by atoms with van der Waals surface area (Å²) < 4.78 is 10.3. The molecule has 232 valence electrons. The number of aliphatic carboxylic acids is 1. The Morgan fingerprint density at radius 2 is 1.84 bits per heavy atom. The maximum atomic E-state index is 13.0. The van der Waals surface area contributed by atoms with Crippen molar-refractivity contribution in [2.75, 3.05) is 50.7 Å². The van der Waals surface area contributed by atoms with Crippen molar-refractivity contribution in [2.24, 2.45) is 0 Å². The van der Waals surface area contributed by atoms with E-state index in [0.29, 0.717) is 48.2 Å². The number of ether oxygens (including phenoxy) is 2. The highest BCUT2D eigenvalue weighted by molar-refractivity contribution is 8.01. The van der Waals surface area contributed by atoms with Crippen molar-refractivity contribution in [1.82, 2.24) is 15.1 Å². The molecule has 2 fully saturated rings. The van der Waals surface area contributed by atoms with Crippen LogP contribution in [0.4, 0.5) is 0 Å². The molecule has 0 radical (unpaired) electrons. The summed E-state index contributed by atoms with van der Waals surface area (Å²) >= 11 is 4.12. The van der Waals surface area contributed by atoms with Crippen LogP contribution in [0.5, 0.6) is 0 Å². The van der Waals surface area contributed by atoms with E-state index < -0.39 is 34.4 Å². The van der Waals surface area contributed by atoms with Crippen LogP contribution >= 0.6 is 35.3 Å². The molecule has 3 aliphatic rings. The van der Waals surface area contributed by atoms with Crippen molar-refractivity contribution in [2.45, 2.75) is 41.3 Å². The number of methoxy groups -OCH3 is 1. The molecule has 3 unspecified atom stereocenters. The Balaban J connectivity index is 1.26. The second-order valence-corrected chi connectivity index (χ2v) is 13.3. The molecule has 0 bridgehead atoms. The van der Waals surface area contributed by atoms with E-state index in [0.717, 1.165) is 9.80 Å². The van der Waals surface area contributed by atoms with Crippen LogP contribution in [0.3, 0.4) is 0 Å². The van der Waals surface area contributed by atoms with E-state index in [4.69, 9.17) is 9.47 Å². The van der Waals surface area contributed by atoms with Crippen LogP contribution in [-0.4, -0.2) is 118 Å². The molecule has 2 saturated heterocycles. The number of carboxylic acids is 1. The van der Waals surface area contributed by atoms with Gasteiger partial charge in [0.05, 0.1) is 25.1 Å². The van der Waals surface area contributed by atoms with E-state index >= 15 is 0 Å². The Labute approximate surface area is 261 Å². The van der Waals surface area contributed by atoms with E-state index in [9.17, 15) is 33.9 Å². The van der Waals surface area contributed by atoms with Gasteiger partial charge in [0.15, 0.2) is 5.78 Å². The summed E-state index contributed by atoms with van der Waals surface area (Å²) in [5, 5.41) is 11.5. The predicted octanol–water partition coefficient (Wildman–Crippen LogP) is 1.63. The van der Waals surface area contributed by atoms with Gasteiger partial charge in [-0.05, 0) is 24.6 Å². The second-order valence-electron chi connectivity index (χ2n) is 9.88. The molecule has 15 heteroatoms. The zero-order valence-corrected chi connectivity index (χ0v) is 26.2. The Morgan fingerprint density at radius 3 is 2.51 bits per heavy atom. The second kappa shape index (κ2) is 15.2. The third-order valence-electron chi connectivity index (χ3n) is 6.98. The fourth-order valence-corrected chi connectivity index (χ4v) is 8.13. The predicted molar refractivity (Wildman–Crippen MR) is 162 cm³/mol. The molecule has 3 atom stereocenters. The maximum absolute atomic E-state index is 13.0. The van der Waals surface area contributed by atoms with Gasteiger partial charge in [-0.1, -0.05) is 12.1 Å². The molecule has 12 nitrogen and oxygen atoms in total. The number of β-lactam (4-membered cyclic amide) rings is 1. The summed E-state index contributed by atoms with van der Waals surface area (Å²) in [5.74, 6) is -1.71. The number of nitrogens with one attached hydrogen (secondary N) is 1. The monoisotopic (exact) mass is 651 g/mol. The van der Waals surface area contributed by atoms with Crippen LogP contribution < -0.4 is 5.32 Å². The number of hydrogen-bond donors (Lipinski definition) is 2. The molecule has 0 aromatic heterocycles. The third kappa shape index (κ3) is 8.01. The molecule has 2 N–H and O–H groups in total. The lowest BCUT2D eigenvalue weighted by molar-refractivity contribution is -0.150. The van der Waals surface area contributed by atoms with Gasteiger partial charge >= 0.3 is 5.97 Å². The molecule has 3 heterocycles. The normalized spacial score (nSPS) is 21.6. The SMILES string of the molecule is COCCOCCSC1CC(=O)N(CCC(=O)NC2C(=O)N3C(C(=O)O)=C(CSc4ccc(C(C)=O)cc4)CSC23)C1=O. The first-order valence-electron chi connectivity index (χ1n) is 13.6. The van der Waals surface area contributed by atoms with Gasteiger partial charge < -0.3 is 19.9 Å². The fraction of sp³-hybridized carbons (Fsp3) is 0.500. The van der Waals surface area contributed by atoms with Crippen molar-refractivity contribution in [3.8, 4) is 0 Å². The number of likely N-dealkylation sites (tertiary alicyclic amines) is 1. The van der Waals surface area contributed by atoms with Gasteiger partial charge in [-0.3, -0.25) is 33.8 Å². The lowest BCUT2D eigenvalue weighted by Gasteiger charge is -2.49. The summed E-state index contributed by atoms with van der Waals surface area (Å²) in [6.07, 6.45) is -0.102. The summed E-state index contributed by atoms with van der Waals surface area (Å²) in [7, 11) is 1.58. The number of fused-ring (bicyclic) bond motifs is 1. The third-order valence-corrected chi connectivity index (χ3v) is 10.6. The van der Waals surface area contributed by atoms with E-state index in [1.54, 1.807) is 31.4 Å². The number of benzene rings is 1. The van der Waals surface area contributed by atoms with Gasteiger partial charge in [0.2, 0.25) is 17.7 Å². The highest BCUT2D eigenvalue weighted by atomic mass is 32.2. The van der Waals surface area contributed by atoms with Crippen LogP contribution in [0.15, 0.2) is 40.4 Å². The van der Waals surface area contributed by atoms with E-state index in [2.05, 4.69) is 5.32 Å². The Kier molecular flexibility index (Phi) is 11.7. The number of rotatable bonds is 16. The zero-order valence-electron chi connectivity index (χ0n) is 23.7. The van der Waals surface area contributed by atoms with Gasteiger partial charge in [-0.2, -0.15) is 0 Å². The first-order chi connectivity index (χ1) is 20.6. The van der Waals surface area contributed by atoms with Crippen molar-refractivity contribution in [1.29, 1.82) is 0 Å². The maximum Gasteiger partial charge on any atom is 0.352 e. The highest BCUT2D eigenvalue weighted by Gasteiger charge is 2.54. The quantitative estimate of drug-likeness (QED) is 0.0876. The summed E-state index contributed by atoms with van der Waals surface area (Å²) in [6.45, 7) is 2.74. The standard InChI is InChI=1S/C28H33N3O9S3/c1-16(32)17-3-5-19(6-4-17)42-14-18-15-43-27-23(26(36)31(27)24(18)28(37)38)29-21(33)7-8-30-22(34)13-20(25(30)35)41-12-11-40-10-9-39-2/h3-6,20,23,27H,7-15H2,1-2H3,(H,29,33)(H,37,38). The lowest BCUT2D eigenvalue weighted by atomic mass is 10.0. The topological polar surface area (TPSA) is 160 Å².